The van der Waals surface area contributed by atoms with Crippen molar-refractivity contribution in [2.45, 2.75) is 0 Å². The molecule has 0 saturated carbocycles. The Morgan fingerprint density at radius 1 is 1.17 bits per heavy atom. The Bertz CT molecular complexity index is 688. The van der Waals surface area contributed by atoms with Crippen LogP contribution in [0.2, 0.25) is 5.02 Å². The van der Waals surface area contributed by atoms with Crippen molar-refractivity contribution >= 4 is 23.2 Å². The van der Waals surface area contributed by atoms with E-state index in [4.69, 9.17) is 21.1 Å². The normalized spacial score (nSPS) is 14.3. The summed E-state index contributed by atoms with van der Waals surface area (Å²) in [4.78, 5) is 14.1. The highest BCUT2D eigenvalue weighted by molar-refractivity contribution is 6.30. The summed E-state index contributed by atoms with van der Waals surface area (Å²) >= 11 is 6.08. The lowest BCUT2D eigenvalue weighted by molar-refractivity contribution is -0.133. The Hall–Kier alpha value is -2.24. The molecule has 126 valence electrons. The van der Waals surface area contributed by atoms with Gasteiger partial charge in [-0.05, 0) is 30.3 Å². The third-order valence-electron chi connectivity index (χ3n) is 3.71. The topological polar surface area (TPSA) is 50.8 Å². The van der Waals surface area contributed by atoms with Gasteiger partial charge in [-0.25, -0.2) is 0 Å². The third-order valence-corrected chi connectivity index (χ3v) is 3.94. The van der Waals surface area contributed by atoms with E-state index in [9.17, 15) is 4.79 Å². The Balaban J connectivity index is 1.67. The number of para-hydroxylation sites is 1. The largest absolute Gasteiger partial charge is 0.455 e. The average molecular weight is 347 g/mol. The van der Waals surface area contributed by atoms with Crippen molar-refractivity contribution in [1.82, 2.24) is 4.90 Å². The minimum atomic E-state index is 0.0314. The van der Waals surface area contributed by atoms with Gasteiger partial charge < -0.3 is 19.7 Å². The van der Waals surface area contributed by atoms with Gasteiger partial charge in [0.15, 0.2) is 5.75 Å². The highest BCUT2D eigenvalue weighted by atomic mass is 35.5. The summed E-state index contributed by atoms with van der Waals surface area (Å²) in [5.74, 6) is 1.38. The zero-order valence-corrected chi connectivity index (χ0v) is 14.0. The zero-order chi connectivity index (χ0) is 16.8. The van der Waals surface area contributed by atoms with E-state index < -0.39 is 0 Å². The van der Waals surface area contributed by atoms with Gasteiger partial charge in [0.05, 0.1) is 25.4 Å². The minimum Gasteiger partial charge on any atom is -0.455 e. The van der Waals surface area contributed by atoms with E-state index in [-0.39, 0.29) is 12.5 Å². The average Bonchev–Trinajstić information content (AvgIpc) is 2.63. The molecule has 0 atom stereocenters. The lowest BCUT2D eigenvalue weighted by Crippen LogP contribution is -2.43. The molecular formula is C18H19ClN2O3. The van der Waals surface area contributed by atoms with Gasteiger partial charge in [0, 0.05) is 18.1 Å². The summed E-state index contributed by atoms with van der Waals surface area (Å²) < 4.78 is 11.1. The number of benzene rings is 2. The van der Waals surface area contributed by atoms with Crippen molar-refractivity contribution in [1.29, 1.82) is 0 Å². The lowest BCUT2D eigenvalue weighted by Gasteiger charge is -2.27. The van der Waals surface area contributed by atoms with Gasteiger partial charge in [0.2, 0.25) is 5.91 Å². The molecule has 1 heterocycles. The van der Waals surface area contributed by atoms with Crippen molar-refractivity contribution in [3.8, 4) is 11.5 Å². The van der Waals surface area contributed by atoms with Gasteiger partial charge in [-0.2, -0.15) is 0 Å². The maximum Gasteiger partial charge on any atom is 0.242 e. The zero-order valence-electron chi connectivity index (χ0n) is 13.2. The first kappa shape index (κ1) is 16.6. The van der Waals surface area contributed by atoms with Crippen LogP contribution >= 0.6 is 11.6 Å². The molecule has 1 amide bonds. The predicted molar refractivity (Wildman–Crippen MR) is 93.9 cm³/mol. The molecule has 6 heteroatoms. The standard InChI is InChI=1S/C18H19ClN2O3/c19-14-6-7-17(24-15-4-2-1-3-5-15)16(12-14)20-13-18(22)21-8-10-23-11-9-21/h1-7,12,20H,8-11,13H2. The molecule has 0 spiro atoms. The number of nitrogens with one attached hydrogen (secondary N) is 1. The van der Waals surface area contributed by atoms with Crippen LogP contribution in [-0.2, 0) is 9.53 Å². The van der Waals surface area contributed by atoms with Crippen LogP contribution in [0, 0.1) is 0 Å². The van der Waals surface area contributed by atoms with Gasteiger partial charge in [-0.1, -0.05) is 29.8 Å². The van der Waals surface area contributed by atoms with Crippen molar-refractivity contribution in [3.05, 3.63) is 53.6 Å². The fourth-order valence-corrected chi connectivity index (χ4v) is 2.61. The molecule has 0 aliphatic carbocycles. The molecule has 3 rings (SSSR count). The fraction of sp³-hybridized carbons (Fsp3) is 0.278. The van der Waals surface area contributed by atoms with Gasteiger partial charge in [-0.15, -0.1) is 0 Å². The lowest BCUT2D eigenvalue weighted by atomic mass is 10.2. The van der Waals surface area contributed by atoms with Gasteiger partial charge >= 0.3 is 0 Å². The van der Waals surface area contributed by atoms with Gasteiger partial charge in [0.1, 0.15) is 5.75 Å². The number of ether oxygens (including phenoxy) is 2. The monoisotopic (exact) mass is 346 g/mol. The van der Waals surface area contributed by atoms with E-state index in [0.29, 0.717) is 42.8 Å². The second kappa shape index (κ2) is 8.04. The SMILES string of the molecule is O=C(CNc1cc(Cl)ccc1Oc1ccccc1)N1CCOCC1. The molecule has 1 saturated heterocycles. The van der Waals surface area contributed by atoms with E-state index in [2.05, 4.69) is 5.32 Å². The van der Waals surface area contributed by atoms with E-state index in [1.807, 2.05) is 30.3 Å². The smallest absolute Gasteiger partial charge is 0.242 e. The van der Waals surface area contributed by atoms with Crippen LogP contribution in [0.3, 0.4) is 0 Å². The molecule has 1 N–H and O–H groups in total. The number of amides is 1. The molecule has 0 bridgehead atoms. The van der Waals surface area contributed by atoms with Crippen LogP contribution in [0.15, 0.2) is 48.5 Å². The summed E-state index contributed by atoms with van der Waals surface area (Å²) in [6.45, 7) is 2.62. The van der Waals surface area contributed by atoms with E-state index in [1.54, 1.807) is 23.1 Å². The second-order valence-electron chi connectivity index (χ2n) is 5.40. The van der Waals surface area contributed by atoms with Gasteiger partial charge in [-0.3, -0.25) is 4.79 Å². The summed E-state index contributed by atoms with van der Waals surface area (Å²) in [6.07, 6.45) is 0. The number of hydrogen-bond acceptors (Lipinski definition) is 4. The quantitative estimate of drug-likeness (QED) is 0.901. The Morgan fingerprint density at radius 2 is 1.92 bits per heavy atom. The molecule has 1 aliphatic heterocycles. The van der Waals surface area contributed by atoms with Crippen LogP contribution in [-0.4, -0.2) is 43.7 Å². The summed E-state index contributed by atoms with van der Waals surface area (Å²) in [5.41, 5.74) is 0.688. The summed E-state index contributed by atoms with van der Waals surface area (Å²) in [6, 6.07) is 14.8. The van der Waals surface area contributed by atoms with E-state index in [1.165, 1.54) is 0 Å². The van der Waals surface area contributed by atoms with Crippen molar-refractivity contribution < 1.29 is 14.3 Å². The van der Waals surface area contributed by atoms with E-state index >= 15 is 0 Å². The molecule has 0 radical (unpaired) electrons. The first-order chi connectivity index (χ1) is 11.7. The number of morpholine rings is 1. The van der Waals surface area contributed by atoms with Gasteiger partial charge in [0.25, 0.3) is 0 Å². The van der Waals surface area contributed by atoms with Crippen LogP contribution in [0.4, 0.5) is 5.69 Å². The third kappa shape index (κ3) is 4.40. The van der Waals surface area contributed by atoms with Crippen LogP contribution in [0.5, 0.6) is 11.5 Å². The Kier molecular flexibility index (Phi) is 5.56. The van der Waals surface area contributed by atoms with Crippen LogP contribution in [0.1, 0.15) is 0 Å². The molecule has 1 fully saturated rings. The second-order valence-corrected chi connectivity index (χ2v) is 5.84. The van der Waals surface area contributed by atoms with Crippen LogP contribution < -0.4 is 10.1 Å². The number of hydrogen-bond donors (Lipinski definition) is 1. The molecule has 24 heavy (non-hydrogen) atoms. The maximum atomic E-state index is 12.3. The fourth-order valence-electron chi connectivity index (χ4n) is 2.44. The molecule has 0 aromatic heterocycles. The molecule has 1 aliphatic rings. The summed E-state index contributed by atoms with van der Waals surface area (Å²) in [7, 11) is 0. The highest BCUT2D eigenvalue weighted by Gasteiger charge is 2.17. The molecule has 2 aromatic carbocycles. The number of rotatable bonds is 5. The predicted octanol–water partition coefficient (Wildman–Crippen LogP) is 3.40. The Labute approximate surface area is 146 Å². The van der Waals surface area contributed by atoms with Crippen LogP contribution in [0.25, 0.3) is 0 Å². The van der Waals surface area contributed by atoms with E-state index in [0.717, 1.165) is 5.75 Å². The first-order valence-electron chi connectivity index (χ1n) is 7.84. The first-order valence-corrected chi connectivity index (χ1v) is 8.22. The van der Waals surface area contributed by atoms with Crippen molar-refractivity contribution in [2.75, 3.05) is 38.2 Å². The highest BCUT2D eigenvalue weighted by Crippen LogP contribution is 2.31. The number of carbonyl (C=O) groups excluding carboxylic acids is 1. The number of nitrogens with zero attached hydrogens (tertiary/aromatic N) is 1. The van der Waals surface area contributed by atoms with Crippen molar-refractivity contribution in [3.63, 3.8) is 0 Å². The number of carbonyl (C=O) groups is 1. The summed E-state index contributed by atoms with van der Waals surface area (Å²) in [5, 5.41) is 3.71. The Morgan fingerprint density at radius 3 is 2.67 bits per heavy atom. The number of anilines is 1. The minimum absolute atomic E-state index is 0.0314. The molecular weight excluding hydrogens is 328 g/mol. The van der Waals surface area contributed by atoms with Crippen molar-refractivity contribution in [2.24, 2.45) is 0 Å². The molecule has 5 nitrogen and oxygen atoms in total. The molecule has 0 unspecified atom stereocenters. The number of halogens is 1. The molecule has 2 aromatic rings. The maximum absolute atomic E-state index is 12.3.